The van der Waals surface area contributed by atoms with E-state index in [2.05, 4.69) is 41.8 Å². The highest BCUT2D eigenvalue weighted by Gasteiger charge is 2.41. The second-order valence-corrected chi connectivity index (χ2v) is 6.69. The van der Waals surface area contributed by atoms with Crippen LogP contribution >= 0.6 is 30.3 Å². The normalized spacial score (nSPS) is 21.6. The molecule has 0 aromatic carbocycles. The van der Waals surface area contributed by atoms with Gasteiger partial charge < -0.3 is 10.6 Å². The summed E-state index contributed by atoms with van der Waals surface area (Å²) in [4.78, 5) is 8.40. The van der Waals surface area contributed by atoms with E-state index in [1.807, 2.05) is 16.2 Å². The SMILES string of the molecule is FC1(F)CNCCC1CNc1ncnc2c1ccn2SI. The van der Waals surface area contributed by atoms with Crippen molar-refractivity contribution in [2.75, 3.05) is 25.0 Å². The van der Waals surface area contributed by atoms with Gasteiger partial charge in [0.15, 0.2) is 5.65 Å². The molecule has 1 saturated heterocycles. The van der Waals surface area contributed by atoms with Crippen molar-refractivity contribution >= 4 is 47.2 Å². The predicted octanol–water partition coefficient (Wildman–Crippen LogP) is 2.93. The molecule has 0 saturated carbocycles. The monoisotopic (exact) mass is 425 g/mol. The highest BCUT2D eigenvalue weighted by Crippen LogP contribution is 2.31. The van der Waals surface area contributed by atoms with Crippen molar-refractivity contribution in [2.45, 2.75) is 12.3 Å². The van der Waals surface area contributed by atoms with Crippen LogP contribution in [0.25, 0.3) is 11.0 Å². The lowest BCUT2D eigenvalue weighted by molar-refractivity contribution is -0.0678. The topological polar surface area (TPSA) is 54.8 Å². The van der Waals surface area contributed by atoms with Gasteiger partial charge in [0.25, 0.3) is 5.92 Å². The highest BCUT2D eigenvalue weighted by molar-refractivity contribution is 14.2. The van der Waals surface area contributed by atoms with Gasteiger partial charge in [0.1, 0.15) is 12.1 Å². The van der Waals surface area contributed by atoms with Crippen LogP contribution < -0.4 is 10.6 Å². The van der Waals surface area contributed by atoms with Crippen molar-refractivity contribution in [1.82, 2.24) is 19.3 Å². The Bertz CT molecular complexity index is 635. The summed E-state index contributed by atoms with van der Waals surface area (Å²) in [7, 11) is 1.50. The standard InChI is InChI=1S/C12H14F2IN5S/c13-12(14)6-16-3-1-8(12)5-17-10-9-2-4-20(21-15)11(9)19-7-18-10/h2,4,7-8,16H,1,3,5-6H2,(H,17,18,19). The van der Waals surface area contributed by atoms with E-state index in [-0.39, 0.29) is 13.1 Å². The molecule has 3 rings (SSSR count). The molecule has 5 nitrogen and oxygen atoms in total. The molecule has 1 unspecified atom stereocenters. The second-order valence-electron chi connectivity index (χ2n) is 4.97. The number of piperidine rings is 1. The van der Waals surface area contributed by atoms with Crippen LogP contribution in [0.2, 0.25) is 0 Å². The largest absolute Gasteiger partial charge is 0.369 e. The summed E-state index contributed by atoms with van der Waals surface area (Å²) < 4.78 is 29.5. The molecule has 2 aromatic heterocycles. The summed E-state index contributed by atoms with van der Waals surface area (Å²) in [5, 5.41) is 6.65. The minimum Gasteiger partial charge on any atom is -0.369 e. The minimum absolute atomic E-state index is 0.212. The highest BCUT2D eigenvalue weighted by atomic mass is 127. The van der Waals surface area contributed by atoms with Gasteiger partial charge in [-0.2, -0.15) is 0 Å². The van der Waals surface area contributed by atoms with Gasteiger partial charge in [0.05, 0.1) is 11.9 Å². The number of aromatic nitrogens is 3. The molecule has 2 aromatic rings. The lowest BCUT2D eigenvalue weighted by Crippen LogP contribution is -2.48. The summed E-state index contributed by atoms with van der Waals surface area (Å²) in [5.74, 6) is -2.75. The van der Waals surface area contributed by atoms with Gasteiger partial charge in [-0.25, -0.2) is 18.7 Å². The van der Waals surface area contributed by atoms with E-state index in [9.17, 15) is 8.78 Å². The smallest absolute Gasteiger partial charge is 0.264 e. The Morgan fingerprint density at radius 2 is 2.38 bits per heavy atom. The lowest BCUT2D eigenvalue weighted by atomic mass is 9.94. The van der Waals surface area contributed by atoms with Crippen molar-refractivity contribution in [3.8, 4) is 0 Å². The van der Waals surface area contributed by atoms with E-state index in [0.717, 1.165) is 11.0 Å². The second kappa shape index (κ2) is 6.21. The summed E-state index contributed by atoms with van der Waals surface area (Å²) in [6.07, 6.45) is 3.80. The summed E-state index contributed by atoms with van der Waals surface area (Å²) in [6, 6.07) is 1.89. The molecule has 1 atom stereocenters. The quantitative estimate of drug-likeness (QED) is 0.739. The lowest BCUT2D eigenvalue weighted by Gasteiger charge is -2.32. The first-order chi connectivity index (χ1) is 10.1. The van der Waals surface area contributed by atoms with Crippen molar-refractivity contribution in [3.05, 3.63) is 18.6 Å². The Morgan fingerprint density at radius 1 is 1.52 bits per heavy atom. The maximum Gasteiger partial charge on any atom is 0.264 e. The van der Waals surface area contributed by atoms with Crippen LogP contribution in [0.4, 0.5) is 14.6 Å². The average Bonchev–Trinajstić information content (AvgIpc) is 2.89. The first kappa shape index (κ1) is 15.2. The Balaban J connectivity index is 1.77. The van der Waals surface area contributed by atoms with E-state index >= 15 is 0 Å². The number of nitrogens with one attached hydrogen (secondary N) is 2. The van der Waals surface area contributed by atoms with Gasteiger partial charge in [-0.1, -0.05) is 0 Å². The fourth-order valence-corrected chi connectivity index (χ4v) is 3.75. The van der Waals surface area contributed by atoms with E-state index in [4.69, 9.17) is 0 Å². The van der Waals surface area contributed by atoms with Gasteiger partial charge in [0, 0.05) is 49.0 Å². The molecule has 0 aliphatic carbocycles. The van der Waals surface area contributed by atoms with Gasteiger partial charge in [-0.15, -0.1) is 0 Å². The van der Waals surface area contributed by atoms with E-state index < -0.39 is 11.8 Å². The van der Waals surface area contributed by atoms with Crippen LogP contribution in [-0.4, -0.2) is 39.5 Å². The molecule has 0 amide bonds. The van der Waals surface area contributed by atoms with Crippen LogP contribution in [-0.2, 0) is 0 Å². The van der Waals surface area contributed by atoms with Crippen molar-refractivity contribution < 1.29 is 8.78 Å². The first-order valence-corrected chi connectivity index (χ1v) is 9.87. The number of alkyl halides is 2. The van der Waals surface area contributed by atoms with Gasteiger partial charge in [0.2, 0.25) is 0 Å². The first-order valence-electron chi connectivity index (χ1n) is 6.55. The molecule has 21 heavy (non-hydrogen) atoms. The molecule has 3 heterocycles. The van der Waals surface area contributed by atoms with Crippen LogP contribution in [0.1, 0.15) is 6.42 Å². The Labute approximate surface area is 137 Å². The number of hydrogen-bond donors (Lipinski definition) is 2. The third-order valence-corrected chi connectivity index (χ3v) is 5.38. The molecule has 114 valence electrons. The Kier molecular flexibility index (Phi) is 4.50. The van der Waals surface area contributed by atoms with Crippen molar-refractivity contribution in [2.24, 2.45) is 5.92 Å². The average molecular weight is 425 g/mol. The molecule has 1 aliphatic rings. The zero-order chi connectivity index (χ0) is 14.9. The van der Waals surface area contributed by atoms with E-state index in [1.54, 1.807) is 0 Å². The molecule has 0 bridgehead atoms. The third kappa shape index (κ3) is 3.09. The number of anilines is 1. The van der Waals surface area contributed by atoms with Gasteiger partial charge in [-0.05, 0) is 19.0 Å². The zero-order valence-electron chi connectivity index (χ0n) is 11.0. The molecule has 1 aliphatic heterocycles. The number of nitrogens with zero attached hydrogens (tertiary/aromatic N) is 3. The summed E-state index contributed by atoms with van der Waals surface area (Å²) in [5.41, 5.74) is 0.781. The van der Waals surface area contributed by atoms with Crippen LogP contribution in [0.5, 0.6) is 0 Å². The maximum atomic E-state index is 13.8. The summed E-state index contributed by atoms with van der Waals surface area (Å²) >= 11 is 2.16. The number of rotatable bonds is 4. The Hall–Kier alpha value is -0.680. The van der Waals surface area contributed by atoms with Crippen LogP contribution in [0.3, 0.4) is 0 Å². The number of hydrogen-bond acceptors (Lipinski definition) is 5. The van der Waals surface area contributed by atoms with Gasteiger partial charge >= 0.3 is 0 Å². The maximum absolute atomic E-state index is 13.8. The fraction of sp³-hybridized carbons (Fsp3) is 0.500. The molecule has 2 N–H and O–H groups in total. The molecule has 0 spiro atoms. The zero-order valence-corrected chi connectivity index (χ0v) is 14.0. The van der Waals surface area contributed by atoms with Crippen molar-refractivity contribution in [3.63, 3.8) is 0 Å². The van der Waals surface area contributed by atoms with E-state index in [0.29, 0.717) is 18.8 Å². The molecule has 9 heteroatoms. The van der Waals surface area contributed by atoms with Crippen LogP contribution in [0, 0.1) is 5.92 Å². The third-order valence-electron chi connectivity index (χ3n) is 3.67. The van der Waals surface area contributed by atoms with Crippen LogP contribution in [0.15, 0.2) is 18.6 Å². The minimum atomic E-state index is -2.68. The molecular formula is C12H14F2IN5S. The van der Waals surface area contributed by atoms with Crippen molar-refractivity contribution in [1.29, 1.82) is 0 Å². The fourth-order valence-electron chi connectivity index (χ4n) is 2.48. The molecule has 0 radical (unpaired) electrons. The molecule has 1 fully saturated rings. The van der Waals surface area contributed by atoms with E-state index in [1.165, 1.54) is 15.4 Å². The van der Waals surface area contributed by atoms with Gasteiger partial charge in [-0.3, -0.25) is 3.97 Å². The number of fused-ring (bicyclic) bond motifs is 1. The summed E-state index contributed by atoms with van der Waals surface area (Å²) in [6.45, 7) is 0.590. The number of halogens is 3. The molecular weight excluding hydrogens is 411 g/mol. The predicted molar refractivity (Wildman–Crippen MR) is 89.0 cm³/mol. The Morgan fingerprint density at radius 3 is 3.14 bits per heavy atom.